The van der Waals surface area contributed by atoms with E-state index < -0.39 is 12.4 Å². The molecule has 1 aromatic carbocycles. The van der Waals surface area contributed by atoms with Crippen molar-refractivity contribution in [1.82, 2.24) is 15.3 Å². The van der Waals surface area contributed by atoms with Gasteiger partial charge in [0.1, 0.15) is 6.61 Å². The van der Waals surface area contributed by atoms with E-state index in [1.54, 1.807) is 6.33 Å². The van der Waals surface area contributed by atoms with Gasteiger partial charge in [0.25, 0.3) is 0 Å². The molecular formula is C15H17N3O3. The minimum Gasteiger partial charge on any atom is -0.420 e. The number of carbonyl (C=O) groups excluding carboxylic acids is 1. The molecule has 110 valence electrons. The zero-order chi connectivity index (χ0) is 15.1. The van der Waals surface area contributed by atoms with Crippen molar-refractivity contribution in [3.05, 3.63) is 30.1 Å². The third-order valence-electron chi connectivity index (χ3n) is 2.95. The minimum atomic E-state index is -0.668. The van der Waals surface area contributed by atoms with Crippen molar-refractivity contribution in [2.75, 3.05) is 13.7 Å². The maximum atomic E-state index is 11.3. The van der Waals surface area contributed by atoms with Gasteiger partial charge >= 0.3 is 6.09 Å². The Balaban J connectivity index is 1.95. The van der Waals surface area contributed by atoms with Gasteiger partial charge in [-0.25, -0.2) is 9.78 Å². The molecule has 1 aromatic heterocycles. The Morgan fingerprint density at radius 1 is 1.57 bits per heavy atom. The molecular weight excluding hydrogens is 270 g/mol. The van der Waals surface area contributed by atoms with Crippen molar-refractivity contribution >= 4 is 17.1 Å². The normalized spacial score (nSPS) is 11.8. The second kappa shape index (κ2) is 7.31. The number of rotatable bonds is 6. The molecule has 1 amide bonds. The summed E-state index contributed by atoms with van der Waals surface area (Å²) in [7, 11) is 1.49. The molecule has 0 aliphatic carbocycles. The van der Waals surface area contributed by atoms with E-state index in [0.29, 0.717) is 12.8 Å². The number of amides is 1. The molecule has 0 spiro atoms. The van der Waals surface area contributed by atoms with Crippen LogP contribution < -0.4 is 5.32 Å². The molecule has 2 rings (SSSR count). The summed E-state index contributed by atoms with van der Waals surface area (Å²) in [5.41, 5.74) is 2.99. The van der Waals surface area contributed by atoms with Crippen molar-refractivity contribution in [2.24, 2.45) is 0 Å². The number of benzene rings is 1. The molecule has 6 heteroatoms. The summed E-state index contributed by atoms with van der Waals surface area (Å²) in [4.78, 5) is 18.5. The fourth-order valence-corrected chi connectivity index (χ4v) is 1.92. The van der Waals surface area contributed by atoms with Gasteiger partial charge in [0.05, 0.1) is 17.4 Å². The number of carbonyl (C=O) groups is 1. The topological polar surface area (TPSA) is 76.2 Å². The summed E-state index contributed by atoms with van der Waals surface area (Å²) in [6.07, 6.45) is 6.82. The fourth-order valence-electron chi connectivity index (χ4n) is 1.92. The number of hydrogen-bond acceptors (Lipinski definition) is 4. The Hall–Kier alpha value is -2.52. The van der Waals surface area contributed by atoms with Gasteiger partial charge < -0.3 is 19.8 Å². The predicted octanol–water partition coefficient (Wildman–Crippen LogP) is 1.83. The molecule has 2 N–H and O–H groups in total. The maximum absolute atomic E-state index is 11.3. The Kier molecular flexibility index (Phi) is 5.18. The molecule has 1 heterocycles. The molecule has 0 fully saturated rings. The van der Waals surface area contributed by atoms with Crippen LogP contribution in [0.2, 0.25) is 0 Å². The van der Waals surface area contributed by atoms with Crippen molar-refractivity contribution < 1.29 is 14.3 Å². The molecule has 21 heavy (non-hydrogen) atoms. The minimum absolute atomic E-state index is 0.0985. The van der Waals surface area contributed by atoms with E-state index in [4.69, 9.17) is 15.9 Å². The zero-order valence-corrected chi connectivity index (χ0v) is 11.8. The van der Waals surface area contributed by atoms with E-state index in [1.807, 2.05) is 18.2 Å². The maximum Gasteiger partial charge on any atom is 0.409 e. The highest BCUT2D eigenvalue weighted by atomic mass is 16.7. The number of hydrogen-bond donors (Lipinski definition) is 2. The number of imidazole rings is 1. The smallest absolute Gasteiger partial charge is 0.409 e. The predicted molar refractivity (Wildman–Crippen MR) is 78.5 cm³/mol. The first-order chi connectivity index (χ1) is 10.2. The molecule has 0 saturated carbocycles. The zero-order valence-electron chi connectivity index (χ0n) is 11.8. The van der Waals surface area contributed by atoms with Crippen LogP contribution in [0.25, 0.3) is 11.0 Å². The third kappa shape index (κ3) is 4.23. The van der Waals surface area contributed by atoms with Gasteiger partial charge in [-0.2, -0.15) is 0 Å². The first-order valence-electron chi connectivity index (χ1n) is 6.58. The summed E-state index contributed by atoms with van der Waals surface area (Å²) in [5, 5.41) is 2.38. The summed E-state index contributed by atoms with van der Waals surface area (Å²) < 4.78 is 10.4. The number of fused-ring (bicyclic) bond motifs is 1. The lowest BCUT2D eigenvalue weighted by Gasteiger charge is -2.17. The van der Waals surface area contributed by atoms with E-state index in [9.17, 15) is 4.79 Å². The molecule has 6 nitrogen and oxygen atoms in total. The number of nitrogens with one attached hydrogen (secondary N) is 2. The quantitative estimate of drug-likeness (QED) is 0.627. The lowest BCUT2D eigenvalue weighted by molar-refractivity contribution is -0.0959. The molecule has 0 unspecified atom stereocenters. The Morgan fingerprint density at radius 3 is 3.19 bits per heavy atom. The van der Waals surface area contributed by atoms with E-state index in [2.05, 4.69) is 21.2 Å². The molecule has 0 saturated heterocycles. The summed E-state index contributed by atoms with van der Waals surface area (Å²) in [5.74, 6) is 2.36. The number of aryl methyl sites for hydroxylation is 1. The van der Waals surface area contributed by atoms with E-state index in [0.717, 1.165) is 16.6 Å². The lowest BCUT2D eigenvalue weighted by Crippen LogP contribution is -2.28. The molecule has 0 aliphatic rings. The number of ether oxygens (including phenoxy) is 2. The van der Waals surface area contributed by atoms with Crippen molar-refractivity contribution in [3.63, 3.8) is 0 Å². The highest BCUT2D eigenvalue weighted by Gasteiger charge is 2.14. The van der Waals surface area contributed by atoms with Gasteiger partial charge in [0, 0.05) is 13.5 Å². The Morgan fingerprint density at radius 2 is 2.43 bits per heavy atom. The Labute approximate surface area is 122 Å². The van der Waals surface area contributed by atoms with Crippen LogP contribution in [0, 0.1) is 12.3 Å². The highest BCUT2D eigenvalue weighted by Crippen LogP contribution is 2.15. The standard InChI is InChI=1S/C15H17N3O3/c1-3-8-20-14(21-15(19)16-2)7-5-11-4-6-12-13(9-11)18-10-17-12/h1,4,6,9-10,14H,5,7-8H2,2H3,(H,16,19)(H,17,18)/t14-/m0/s1. The first kappa shape index (κ1) is 14.9. The largest absolute Gasteiger partial charge is 0.420 e. The van der Waals surface area contributed by atoms with Gasteiger partial charge in [-0.05, 0) is 24.1 Å². The van der Waals surface area contributed by atoms with Gasteiger partial charge in [-0.3, -0.25) is 0 Å². The van der Waals surface area contributed by atoms with E-state index in [1.165, 1.54) is 7.05 Å². The van der Waals surface area contributed by atoms with Crippen LogP contribution in [0.1, 0.15) is 12.0 Å². The molecule has 1 atom stereocenters. The van der Waals surface area contributed by atoms with Crippen LogP contribution in [0.4, 0.5) is 4.79 Å². The van der Waals surface area contributed by atoms with Crippen molar-refractivity contribution in [3.8, 4) is 12.3 Å². The Bertz CT molecular complexity index is 645. The van der Waals surface area contributed by atoms with Gasteiger partial charge in [-0.15, -0.1) is 6.42 Å². The van der Waals surface area contributed by atoms with E-state index in [-0.39, 0.29) is 6.61 Å². The van der Waals surface area contributed by atoms with Crippen LogP contribution in [0.15, 0.2) is 24.5 Å². The van der Waals surface area contributed by atoms with Crippen LogP contribution in [0.5, 0.6) is 0 Å². The summed E-state index contributed by atoms with van der Waals surface area (Å²) in [6.45, 7) is 0.0985. The monoisotopic (exact) mass is 287 g/mol. The first-order valence-corrected chi connectivity index (χ1v) is 6.58. The summed E-state index contributed by atoms with van der Waals surface area (Å²) >= 11 is 0. The van der Waals surface area contributed by atoms with Crippen LogP contribution >= 0.6 is 0 Å². The highest BCUT2D eigenvalue weighted by molar-refractivity contribution is 5.75. The number of terminal acetylenes is 1. The second-order valence-corrected chi connectivity index (χ2v) is 4.39. The van der Waals surface area contributed by atoms with E-state index >= 15 is 0 Å². The average molecular weight is 287 g/mol. The number of H-pyrrole nitrogens is 1. The van der Waals surface area contributed by atoms with Crippen molar-refractivity contribution in [2.45, 2.75) is 19.1 Å². The molecule has 0 aliphatic heterocycles. The second-order valence-electron chi connectivity index (χ2n) is 4.39. The van der Waals surface area contributed by atoms with Crippen LogP contribution in [-0.4, -0.2) is 36.0 Å². The molecule has 0 bridgehead atoms. The van der Waals surface area contributed by atoms with Gasteiger partial charge in [0.15, 0.2) is 0 Å². The molecule has 2 aromatic rings. The third-order valence-corrected chi connectivity index (χ3v) is 2.95. The van der Waals surface area contributed by atoms with Crippen molar-refractivity contribution in [1.29, 1.82) is 0 Å². The number of aromatic nitrogens is 2. The van der Waals surface area contributed by atoms with Crippen LogP contribution in [0.3, 0.4) is 0 Å². The SMILES string of the molecule is C#CCO[C@H](CCc1ccc2nc[nH]c2c1)OC(=O)NC. The lowest BCUT2D eigenvalue weighted by atomic mass is 10.1. The van der Waals surface area contributed by atoms with Gasteiger partial charge in [-0.1, -0.05) is 12.0 Å². The number of aromatic amines is 1. The number of alkyl carbamates (subject to hydrolysis) is 1. The van der Waals surface area contributed by atoms with Crippen LogP contribution in [-0.2, 0) is 15.9 Å². The fraction of sp³-hybridized carbons (Fsp3) is 0.333. The van der Waals surface area contributed by atoms with Gasteiger partial charge in [0.2, 0.25) is 6.29 Å². The molecule has 0 radical (unpaired) electrons. The number of nitrogens with zero attached hydrogens (tertiary/aromatic N) is 1. The summed E-state index contributed by atoms with van der Waals surface area (Å²) in [6, 6.07) is 5.94. The average Bonchev–Trinajstić information content (AvgIpc) is 2.97.